The van der Waals surface area contributed by atoms with Crippen LogP contribution in [0.5, 0.6) is 0 Å². The van der Waals surface area contributed by atoms with Crippen LogP contribution < -0.4 is 0 Å². The van der Waals surface area contributed by atoms with Crippen LogP contribution in [0.15, 0.2) is 45.1 Å². The van der Waals surface area contributed by atoms with Crippen LogP contribution in [-0.4, -0.2) is 8.42 Å². The lowest BCUT2D eigenvalue weighted by Gasteiger charge is -1.96. The van der Waals surface area contributed by atoms with Crippen molar-refractivity contribution in [1.29, 1.82) is 0 Å². The Morgan fingerprint density at radius 1 is 1.15 bits per heavy atom. The molecule has 0 fully saturated rings. The second kappa shape index (κ2) is 4.13. The highest BCUT2D eigenvalue weighted by Gasteiger charge is 2.10. The summed E-state index contributed by atoms with van der Waals surface area (Å²) in [6.07, 6.45) is 0. The fraction of sp³-hybridized carbons (Fsp3) is 0. The Kier molecular flexibility index (Phi) is 3.36. The highest BCUT2D eigenvalue weighted by Crippen LogP contribution is 2.16. The molecule has 70 valence electrons. The lowest BCUT2D eigenvalue weighted by Crippen LogP contribution is -1.95. The molecule has 0 spiro atoms. The van der Waals surface area contributed by atoms with Crippen molar-refractivity contribution in [2.75, 3.05) is 0 Å². The van der Waals surface area contributed by atoms with Gasteiger partial charge in [-0.05, 0) is 12.1 Å². The molecule has 5 heteroatoms. The maximum Gasteiger partial charge on any atom is 0.202 e. The van der Waals surface area contributed by atoms with Crippen molar-refractivity contribution in [3.05, 3.63) is 40.2 Å². The summed E-state index contributed by atoms with van der Waals surface area (Å²) in [6, 6.07) is 7.93. The minimum absolute atomic E-state index is 0.175. The zero-order valence-corrected chi connectivity index (χ0v) is 8.77. The van der Waals surface area contributed by atoms with Crippen LogP contribution in [-0.2, 0) is 9.84 Å². The largest absolute Gasteiger partial charge is 0.219 e. The van der Waals surface area contributed by atoms with Gasteiger partial charge in [0.1, 0.15) is 4.49 Å². The number of halogens is 2. The summed E-state index contributed by atoms with van der Waals surface area (Å²) in [5.74, 6) is 0. The van der Waals surface area contributed by atoms with Gasteiger partial charge in [-0.3, -0.25) is 0 Å². The molecule has 0 saturated heterocycles. The van der Waals surface area contributed by atoms with E-state index < -0.39 is 9.84 Å². The van der Waals surface area contributed by atoms with E-state index in [-0.39, 0.29) is 9.39 Å². The van der Waals surface area contributed by atoms with E-state index in [1.165, 1.54) is 12.1 Å². The maximum absolute atomic E-state index is 11.4. The summed E-state index contributed by atoms with van der Waals surface area (Å²) < 4.78 is 22.5. The van der Waals surface area contributed by atoms with Crippen molar-refractivity contribution in [2.45, 2.75) is 4.90 Å². The molecule has 0 amide bonds. The first-order valence-electron chi connectivity index (χ1n) is 3.35. The molecule has 1 rings (SSSR count). The molecule has 0 aliphatic carbocycles. The van der Waals surface area contributed by atoms with Gasteiger partial charge in [-0.2, -0.15) is 0 Å². The standard InChI is InChI=1S/C8H6Cl2O2S/c9-8(10)6-13(11,12)7-4-2-1-3-5-7/h1-6H. The van der Waals surface area contributed by atoms with Crippen molar-refractivity contribution in [3.63, 3.8) is 0 Å². The first-order valence-corrected chi connectivity index (χ1v) is 5.65. The van der Waals surface area contributed by atoms with Gasteiger partial charge in [-0.1, -0.05) is 41.4 Å². The van der Waals surface area contributed by atoms with Crippen molar-refractivity contribution in [3.8, 4) is 0 Å². The van der Waals surface area contributed by atoms with E-state index in [1.54, 1.807) is 18.2 Å². The molecule has 0 saturated carbocycles. The topological polar surface area (TPSA) is 34.1 Å². The minimum Gasteiger partial charge on any atom is -0.219 e. The van der Waals surface area contributed by atoms with Gasteiger partial charge in [0.2, 0.25) is 9.84 Å². The molecule has 0 aromatic heterocycles. The summed E-state index contributed by atoms with van der Waals surface area (Å²) in [7, 11) is -3.49. The van der Waals surface area contributed by atoms with Crippen LogP contribution in [0.1, 0.15) is 0 Å². The first-order chi connectivity index (χ1) is 6.02. The SMILES string of the molecule is O=S(=O)(C=C(Cl)Cl)c1ccccc1. The van der Waals surface area contributed by atoms with Crippen LogP contribution in [0.4, 0.5) is 0 Å². The fourth-order valence-electron chi connectivity index (χ4n) is 0.795. The third kappa shape index (κ3) is 3.03. The van der Waals surface area contributed by atoms with Gasteiger partial charge in [0, 0.05) is 0 Å². The first kappa shape index (κ1) is 10.6. The monoisotopic (exact) mass is 236 g/mol. The fourth-order valence-corrected chi connectivity index (χ4v) is 2.41. The summed E-state index contributed by atoms with van der Waals surface area (Å²) in [6.45, 7) is 0. The third-order valence-corrected chi connectivity index (χ3v) is 3.27. The molecule has 1 aromatic carbocycles. The molecule has 0 aliphatic heterocycles. The van der Waals surface area contributed by atoms with Crippen molar-refractivity contribution in [2.24, 2.45) is 0 Å². The van der Waals surface area contributed by atoms with Crippen molar-refractivity contribution < 1.29 is 8.42 Å². The number of benzene rings is 1. The predicted octanol–water partition coefficient (Wildman–Crippen LogP) is 2.74. The maximum atomic E-state index is 11.4. The van der Waals surface area contributed by atoms with Crippen molar-refractivity contribution >= 4 is 33.0 Å². The molecule has 0 atom stereocenters. The highest BCUT2D eigenvalue weighted by molar-refractivity contribution is 7.94. The lowest BCUT2D eigenvalue weighted by molar-refractivity contribution is 0.604. The molecule has 0 unspecified atom stereocenters. The molecule has 0 heterocycles. The Morgan fingerprint density at radius 3 is 2.15 bits per heavy atom. The molecule has 0 aliphatic rings. The number of hydrogen-bond donors (Lipinski definition) is 0. The molecule has 1 aromatic rings. The average Bonchev–Trinajstić information content (AvgIpc) is 2.04. The normalized spacial score (nSPS) is 10.9. The van der Waals surface area contributed by atoms with Crippen molar-refractivity contribution in [1.82, 2.24) is 0 Å². The van der Waals surface area contributed by atoms with E-state index in [2.05, 4.69) is 0 Å². The van der Waals surface area contributed by atoms with E-state index in [1.807, 2.05) is 0 Å². The van der Waals surface area contributed by atoms with E-state index >= 15 is 0 Å². The lowest BCUT2D eigenvalue weighted by atomic mass is 10.4. The number of rotatable bonds is 2. The van der Waals surface area contributed by atoms with Gasteiger partial charge < -0.3 is 0 Å². The smallest absolute Gasteiger partial charge is 0.202 e. The number of sulfone groups is 1. The Hall–Kier alpha value is -0.510. The summed E-state index contributed by atoms with van der Waals surface area (Å²) in [5, 5.41) is 0.811. The predicted molar refractivity (Wildman–Crippen MR) is 53.4 cm³/mol. The zero-order chi connectivity index (χ0) is 9.90. The molecule has 0 radical (unpaired) electrons. The Bertz CT molecular complexity index is 405. The van der Waals surface area contributed by atoms with E-state index in [0.29, 0.717) is 0 Å². The van der Waals surface area contributed by atoms with Gasteiger partial charge in [-0.25, -0.2) is 8.42 Å². The van der Waals surface area contributed by atoms with Gasteiger partial charge in [0.05, 0.1) is 10.3 Å². The van der Waals surface area contributed by atoms with Crippen LogP contribution in [0.25, 0.3) is 0 Å². The van der Waals surface area contributed by atoms with Crippen LogP contribution in [0.2, 0.25) is 0 Å². The van der Waals surface area contributed by atoms with E-state index in [4.69, 9.17) is 23.2 Å². The quantitative estimate of drug-likeness (QED) is 0.792. The molecule has 13 heavy (non-hydrogen) atoms. The van der Waals surface area contributed by atoms with E-state index in [0.717, 1.165) is 5.41 Å². The second-order valence-corrected chi connectivity index (χ2v) is 5.07. The number of hydrogen-bond acceptors (Lipinski definition) is 2. The van der Waals surface area contributed by atoms with Gasteiger partial charge in [-0.15, -0.1) is 0 Å². The molecule has 0 bridgehead atoms. The molecule has 0 N–H and O–H groups in total. The Morgan fingerprint density at radius 2 is 1.69 bits per heavy atom. The highest BCUT2D eigenvalue weighted by atomic mass is 35.5. The van der Waals surface area contributed by atoms with Gasteiger partial charge >= 0.3 is 0 Å². The Labute approximate surface area is 86.7 Å². The third-order valence-electron chi connectivity index (χ3n) is 1.32. The molecular formula is C8H6Cl2O2S. The van der Waals surface area contributed by atoms with Crippen LogP contribution in [0.3, 0.4) is 0 Å². The van der Waals surface area contributed by atoms with Crippen LogP contribution >= 0.6 is 23.2 Å². The van der Waals surface area contributed by atoms with Gasteiger partial charge in [0.15, 0.2) is 0 Å². The zero-order valence-electron chi connectivity index (χ0n) is 6.44. The van der Waals surface area contributed by atoms with Crippen LogP contribution in [0, 0.1) is 0 Å². The summed E-state index contributed by atoms with van der Waals surface area (Å²) in [4.78, 5) is 0.175. The molecule has 2 nitrogen and oxygen atoms in total. The summed E-state index contributed by atoms with van der Waals surface area (Å²) >= 11 is 10.5. The Balaban J connectivity index is 3.18. The second-order valence-electron chi connectivity index (χ2n) is 2.27. The average molecular weight is 237 g/mol. The minimum atomic E-state index is -3.49. The summed E-state index contributed by atoms with van der Waals surface area (Å²) in [5.41, 5.74) is 0. The molecular weight excluding hydrogens is 231 g/mol. The van der Waals surface area contributed by atoms with E-state index in [9.17, 15) is 8.42 Å². The van der Waals surface area contributed by atoms with Gasteiger partial charge in [0.25, 0.3) is 0 Å².